The van der Waals surface area contributed by atoms with Gasteiger partial charge in [0.1, 0.15) is 6.04 Å². The first-order chi connectivity index (χ1) is 9.08. The van der Waals surface area contributed by atoms with Gasteiger partial charge in [0.25, 0.3) is 0 Å². The molecule has 1 aromatic heterocycles. The zero-order valence-electron chi connectivity index (χ0n) is 10.5. The molecule has 19 heavy (non-hydrogen) atoms. The van der Waals surface area contributed by atoms with E-state index in [1.807, 2.05) is 17.5 Å². The van der Waals surface area contributed by atoms with Gasteiger partial charge in [-0.25, -0.2) is 0 Å². The molecule has 0 aromatic carbocycles. The molecule has 0 aliphatic heterocycles. The van der Waals surface area contributed by atoms with Crippen LogP contribution in [-0.4, -0.2) is 23.0 Å². The second kappa shape index (κ2) is 6.16. The molecule has 5 nitrogen and oxygen atoms in total. The van der Waals surface area contributed by atoms with Crippen LogP contribution in [0.4, 0.5) is 0 Å². The van der Waals surface area contributed by atoms with Gasteiger partial charge in [0.05, 0.1) is 5.92 Å². The molecular formula is C13H18N2O3S. The van der Waals surface area contributed by atoms with Crippen molar-refractivity contribution in [1.29, 1.82) is 0 Å². The lowest BCUT2D eigenvalue weighted by Crippen LogP contribution is -2.42. The van der Waals surface area contributed by atoms with E-state index in [0.29, 0.717) is 25.7 Å². The van der Waals surface area contributed by atoms with E-state index in [0.717, 1.165) is 4.88 Å². The Bertz CT molecular complexity index is 439. The monoisotopic (exact) mass is 282 g/mol. The first-order valence-electron chi connectivity index (χ1n) is 6.40. The maximum absolute atomic E-state index is 12.0. The number of hydrogen-bond donors (Lipinski definition) is 3. The molecule has 1 aromatic rings. The molecule has 0 spiro atoms. The lowest BCUT2D eigenvalue weighted by Gasteiger charge is -2.27. The number of carbonyl (C=O) groups excluding carboxylic acids is 1. The van der Waals surface area contributed by atoms with Crippen LogP contribution >= 0.6 is 11.3 Å². The number of nitrogens with one attached hydrogen (secondary N) is 1. The lowest BCUT2D eigenvalue weighted by molar-refractivity contribution is -0.142. The van der Waals surface area contributed by atoms with Crippen LogP contribution in [0.15, 0.2) is 17.5 Å². The summed E-state index contributed by atoms with van der Waals surface area (Å²) in [6.45, 7) is 0. The zero-order valence-corrected chi connectivity index (χ0v) is 11.4. The Morgan fingerprint density at radius 2 is 2.05 bits per heavy atom. The largest absolute Gasteiger partial charge is 0.481 e. The fourth-order valence-corrected chi connectivity index (χ4v) is 3.10. The highest BCUT2D eigenvalue weighted by molar-refractivity contribution is 7.10. The molecule has 1 fully saturated rings. The minimum atomic E-state index is -0.736. The summed E-state index contributed by atoms with van der Waals surface area (Å²) in [4.78, 5) is 23.7. The Hall–Kier alpha value is -1.40. The van der Waals surface area contributed by atoms with Crippen molar-refractivity contribution < 1.29 is 14.7 Å². The Labute approximate surface area is 115 Å². The molecular weight excluding hydrogens is 264 g/mol. The maximum Gasteiger partial charge on any atom is 0.306 e. The molecule has 0 saturated heterocycles. The van der Waals surface area contributed by atoms with Gasteiger partial charge in [0.2, 0.25) is 5.91 Å². The number of rotatable bonds is 4. The van der Waals surface area contributed by atoms with Crippen molar-refractivity contribution in [2.75, 3.05) is 0 Å². The van der Waals surface area contributed by atoms with Crippen molar-refractivity contribution in [3.05, 3.63) is 22.4 Å². The highest BCUT2D eigenvalue weighted by atomic mass is 32.1. The van der Waals surface area contributed by atoms with Crippen molar-refractivity contribution in [3.8, 4) is 0 Å². The van der Waals surface area contributed by atoms with Gasteiger partial charge in [-0.2, -0.15) is 0 Å². The molecule has 6 heteroatoms. The molecule has 1 aliphatic carbocycles. The van der Waals surface area contributed by atoms with Crippen LogP contribution in [-0.2, 0) is 9.59 Å². The highest BCUT2D eigenvalue weighted by Crippen LogP contribution is 2.25. The molecule has 1 aliphatic rings. The number of carboxylic acids is 1. The summed E-state index contributed by atoms with van der Waals surface area (Å²) < 4.78 is 0. The lowest BCUT2D eigenvalue weighted by atomic mass is 9.86. The molecule has 1 heterocycles. The molecule has 0 bridgehead atoms. The van der Waals surface area contributed by atoms with Crippen molar-refractivity contribution >= 4 is 23.2 Å². The van der Waals surface area contributed by atoms with Crippen LogP contribution in [0.25, 0.3) is 0 Å². The van der Waals surface area contributed by atoms with Crippen molar-refractivity contribution in [3.63, 3.8) is 0 Å². The number of aliphatic carboxylic acids is 1. The van der Waals surface area contributed by atoms with Crippen molar-refractivity contribution in [1.82, 2.24) is 5.32 Å². The number of carboxylic acid groups (broad SMARTS) is 1. The smallest absolute Gasteiger partial charge is 0.306 e. The van der Waals surface area contributed by atoms with E-state index in [2.05, 4.69) is 5.32 Å². The fraction of sp³-hybridized carbons (Fsp3) is 0.538. The topological polar surface area (TPSA) is 92.4 Å². The van der Waals surface area contributed by atoms with E-state index in [1.165, 1.54) is 11.3 Å². The third-order valence-corrected chi connectivity index (χ3v) is 4.51. The summed E-state index contributed by atoms with van der Waals surface area (Å²) in [5.41, 5.74) is 5.88. The minimum absolute atomic E-state index is 0.0501. The summed E-state index contributed by atoms with van der Waals surface area (Å²) in [6.07, 6.45) is 2.66. The van der Waals surface area contributed by atoms with Crippen molar-refractivity contribution in [2.24, 2.45) is 11.7 Å². The van der Waals surface area contributed by atoms with Crippen LogP contribution in [0.5, 0.6) is 0 Å². The van der Waals surface area contributed by atoms with Gasteiger partial charge < -0.3 is 16.2 Å². The second-order valence-corrected chi connectivity index (χ2v) is 5.87. The van der Waals surface area contributed by atoms with Gasteiger partial charge in [-0.1, -0.05) is 6.07 Å². The molecule has 1 saturated carbocycles. The second-order valence-electron chi connectivity index (χ2n) is 4.89. The third-order valence-electron chi connectivity index (χ3n) is 3.55. The van der Waals surface area contributed by atoms with Gasteiger partial charge in [-0.15, -0.1) is 11.3 Å². The molecule has 2 rings (SSSR count). The van der Waals surface area contributed by atoms with Crippen LogP contribution in [0.3, 0.4) is 0 Å². The SMILES string of the molecule is NC(C(=O)NC1CCC(C(=O)O)CC1)c1cccs1. The predicted octanol–water partition coefficient (Wildman–Crippen LogP) is 1.51. The van der Waals surface area contributed by atoms with Gasteiger partial charge in [0, 0.05) is 10.9 Å². The first-order valence-corrected chi connectivity index (χ1v) is 7.28. The number of carbonyl (C=O) groups is 2. The van der Waals surface area contributed by atoms with Gasteiger partial charge in [-0.3, -0.25) is 9.59 Å². The Balaban J connectivity index is 1.82. The number of amides is 1. The van der Waals surface area contributed by atoms with E-state index < -0.39 is 12.0 Å². The normalized spacial score (nSPS) is 24.7. The summed E-state index contributed by atoms with van der Waals surface area (Å²) in [5, 5.41) is 13.7. The number of hydrogen-bond acceptors (Lipinski definition) is 4. The fourth-order valence-electron chi connectivity index (χ4n) is 2.37. The first kappa shape index (κ1) is 14.0. The molecule has 1 amide bonds. The third kappa shape index (κ3) is 3.54. The van der Waals surface area contributed by atoms with Crippen molar-refractivity contribution in [2.45, 2.75) is 37.8 Å². The maximum atomic E-state index is 12.0. The average Bonchev–Trinajstić information content (AvgIpc) is 2.92. The highest BCUT2D eigenvalue weighted by Gasteiger charge is 2.28. The average molecular weight is 282 g/mol. The van der Waals surface area contributed by atoms with E-state index in [9.17, 15) is 9.59 Å². The van der Waals surface area contributed by atoms with Gasteiger partial charge in [-0.05, 0) is 37.1 Å². The summed E-state index contributed by atoms with van der Waals surface area (Å²) in [6, 6.07) is 3.13. The molecule has 1 unspecified atom stereocenters. The van der Waals surface area contributed by atoms with Gasteiger partial charge in [0.15, 0.2) is 0 Å². The summed E-state index contributed by atoms with van der Waals surface area (Å²) in [5.74, 6) is -1.18. The quantitative estimate of drug-likeness (QED) is 0.780. The van der Waals surface area contributed by atoms with Crippen LogP contribution in [0.1, 0.15) is 36.6 Å². The van der Waals surface area contributed by atoms with E-state index in [1.54, 1.807) is 0 Å². The van der Waals surface area contributed by atoms with Crippen LogP contribution in [0.2, 0.25) is 0 Å². The number of thiophene rings is 1. The van der Waals surface area contributed by atoms with E-state index in [-0.39, 0.29) is 17.9 Å². The predicted molar refractivity (Wildman–Crippen MR) is 72.8 cm³/mol. The number of nitrogens with two attached hydrogens (primary N) is 1. The summed E-state index contributed by atoms with van der Waals surface area (Å²) >= 11 is 1.46. The minimum Gasteiger partial charge on any atom is -0.481 e. The Morgan fingerprint density at radius 3 is 2.58 bits per heavy atom. The zero-order chi connectivity index (χ0) is 13.8. The molecule has 104 valence electrons. The van der Waals surface area contributed by atoms with E-state index in [4.69, 9.17) is 10.8 Å². The molecule has 4 N–H and O–H groups in total. The van der Waals surface area contributed by atoms with Crippen LogP contribution in [0, 0.1) is 5.92 Å². The van der Waals surface area contributed by atoms with E-state index >= 15 is 0 Å². The van der Waals surface area contributed by atoms with Crippen LogP contribution < -0.4 is 11.1 Å². The molecule has 0 radical (unpaired) electrons. The standard InChI is InChI=1S/C13H18N2O3S/c14-11(10-2-1-7-19-10)12(16)15-9-5-3-8(4-6-9)13(17)18/h1-2,7-9,11H,3-6,14H2,(H,15,16)(H,17,18). The summed E-state index contributed by atoms with van der Waals surface area (Å²) in [7, 11) is 0. The van der Waals surface area contributed by atoms with Gasteiger partial charge >= 0.3 is 5.97 Å². The molecule has 1 atom stereocenters. The Morgan fingerprint density at radius 1 is 1.37 bits per heavy atom. The Kier molecular flexibility index (Phi) is 4.55.